The van der Waals surface area contributed by atoms with E-state index in [-0.39, 0.29) is 5.91 Å². The molecule has 0 aliphatic heterocycles. The van der Waals surface area contributed by atoms with Crippen molar-refractivity contribution in [1.29, 1.82) is 5.26 Å². The molecule has 0 radical (unpaired) electrons. The van der Waals surface area contributed by atoms with E-state index in [4.69, 9.17) is 5.26 Å². The van der Waals surface area contributed by atoms with E-state index in [1.165, 1.54) is 10.5 Å². The van der Waals surface area contributed by atoms with E-state index in [1.54, 1.807) is 23.7 Å². The maximum Gasteiger partial charge on any atom is 0.223 e. The summed E-state index contributed by atoms with van der Waals surface area (Å²) in [6.45, 7) is 0.697. The van der Waals surface area contributed by atoms with Crippen LogP contribution in [0.3, 0.4) is 0 Å². The fraction of sp³-hybridized carbons (Fsp3) is 0.429. The number of carbonyl (C=O) groups is 1. The summed E-state index contributed by atoms with van der Waals surface area (Å²) in [5.74, 6) is 0.0392. The van der Waals surface area contributed by atoms with Crippen molar-refractivity contribution < 1.29 is 4.79 Å². The van der Waals surface area contributed by atoms with Gasteiger partial charge in [0.05, 0.1) is 6.07 Å². The average Bonchev–Trinajstić information content (AvgIpc) is 2.42. The number of hydrogen-bond acceptors (Lipinski definition) is 3. The molecule has 0 N–H and O–H groups in total. The smallest absolute Gasteiger partial charge is 0.223 e. The molecular weight excluding hydrogens is 244 g/mol. The average molecular weight is 262 g/mol. The topological polar surface area (TPSA) is 44.1 Å². The van der Waals surface area contributed by atoms with Crippen LogP contribution in [-0.4, -0.2) is 30.7 Å². The minimum absolute atomic E-state index is 0.0392. The molecular formula is C14H18N2OS. The second kappa shape index (κ2) is 7.78. The van der Waals surface area contributed by atoms with E-state index in [0.29, 0.717) is 19.4 Å². The first kappa shape index (κ1) is 14.6. The summed E-state index contributed by atoms with van der Waals surface area (Å²) in [7, 11) is 1.79. The van der Waals surface area contributed by atoms with Gasteiger partial charge in [-0.15, -0.1) is 11.8 Å². The number of nitriles is 1. The molecule has 0 bridgehead atoms. The van der Waals surface area contributed by atoms with Gasteiger partial charge in [0.15, 0.2) is 0 Å². The van der Waals surface area contributed by atoms with Crippen LogP contribution < -0.4 is 0 Å². The molecule has 0 aromatic heterocycles. The molecule has 4 heteroatoms. The Morgan fingerprint density at radius 1 is 1.39 bits per heavy atom. The summed E-state index contributed by atoms with van der Waals surface area (Å²) in [5, 5.41) is 8.43. The number of benzene rings is 1. The molecule has 0 atom stereocenters. The van der Waals surface area contributed by atoms with Gasteiger partial charge >= 0.3 is 0 Å². The van der Waals surface area contributed by atoms with E-state index >= 15 is 0 Å². The van der Waals surface area contributed by atoms with E-state index in [0.717, 1.165) is 6.42 Å². The van der Waals surface area contributed by atoms with Crippen LogP contribution in [0.1, 0.15) is 18.4 Å². The van der Waals surface area contributed by atoms with Gasteiger partial charge in [0.1, 0.15) is 0 Å². The van der Waals surface area contributed by atoms with Crippen LogP contribution in [0.4, 0.5) is 0 Å². The van der Waals surface area contributed by atoms with Crippen LogP contribution >= 0.6 is 11.8 Å². The predicted molar refractivity (Wildman–Crippen MR) is 74.4 cm³/mol. The minimum atomic E-state index is 0.0392. The van der Waals surface area contributed by atoms with E-state index in [1.807, 2.05) is 6.07 Å². The Balaban J connectivity index is 2.39. The van der Waals surface area contributed by atoms with Gasteiger partial charge in [-0.3, -0.25) is 4.79 Å². The maximum absolute atomic E-state index is 11.6. The Kier molecular flexibility index (Phi) is 6.31. The van der Waals surface area contributed by atoms with Crippen LogP contribution in [0.5, 0.6) is 0 Å². The molecule has 1 rings (SSSR count). The number of rotatable bonds is 6. The Labute approximate surface area is 113 Å². The Morgan fingerprint density at radius 3 is 2.61 bits per heavy atom. The van der Waals surface area contributed by atoms with Gasteiger partial charge in [0, 0.05) is 31.3 Å². The Bertz CT molecular complexity index is 422. The normalized spacial score (nSPS) is 9.83. The van der Waals surface area contributed by atoms with Gasteiger partial charge in [0.25, 0.3) is 0 Å². The summed E-state index contributed by atoms with van der Waals surface area (Å²) >= 11 is 1.72. The molecule has 1 aromatic rings. The van der Waals surface area contributed by atoms with Gasteiger partial charge in [-0.05, 0) is 30.4 Å². The molecule has 0 spiro atoms. The Hall–Kier alpha value is -1.47. The van der Waals surface area contributed by atoms with Gasteiger partial charge < -0.3 is 4.90 Å². The number of carbonyl (C=O) groups excluding carboxylic acids is 1. The molecule has 96 valence electrons. The summed E-state index contributed by atoms with van der Waals surface area (Å²) in [4.78, 5) is 14.5. The maximum atomic E-state index is 11.6. The number of likely N-dealkylation sites (N-methyl/N-ethyl adjacent to an activating group) is 1. The zero-order chi connectivity index (χ0) is 13.4. The van der Waals surface area contributed by atoms with Crippen molar-refractivity contribution >= 4 is 17.7 Å². The van der Waals surface area contributed by atoms with Crippen molar-refractivity contribution in [1.82, 2.24) is 4.90 Å². The fourth-order valence-corrected chi connectivity index (χ4v) is 1.98. The van der Waals surface area contributed by atoms with E-state index < -0.39 is 0 Å². The zero-order valence-corrected chi connectivity index (χ0v) is 11.7. The highest BCUT2D eigenvalue weighted by Crippen LogP contribution is 2.15. The highest BCUT2D eigenvalue weighted by molar-refractivity contribution is 7.98. The lowest BCUT2D eigenvalue weighted by Crippen LogP contribution is -2.28. The highest BCUT2D eigenvalue weighted by atomic mass is 32.2. The molecule has 1 aromatic carbocycles. The summed E-state index contributed by atoms with van der Waals surface area (Å²) in [6.07, 6.45) is 3.52. The van der Waals surface area contributed by atoms with Crippen LogP contribution in [0.15, 0.2) is 29.2 Å². The quantitative estimate of drug-likeness (QED) is 0.740. The lowest BCUT2D eigenvalue weighted by molar-refractivity contribution is -0.129. The molecule has 0 aliphatic rings. The monoisotopic (exact) mass is 262 g/mol. The molecule has 0 aliphatic carbocycles. The van der Waals surface area contributed by atoms with Crippen molar-refractivity contribution in [3.8, 4) is 6.07 Å². The fourth-order valence-electron chi connectivity index (χ4n) is 1.57. The third kappa shape index (κ3) is 4.80. The standard InChI is InChI=1S/C14H18N2OS/c1-16(14(17)4-3-10-15)11-9-12-5-7-13(18-2)8-6-12/h5-8H,3-4,9,11H2,1-2H3. The van der Waals surface area contributed by atoms with Gasteiger partial charge in [-0.25, -0.2) is 0 Å². The molecule has 0 unspecified atom stereocenters. The van der Waals surface area contributed by atoms with Crippen LogP contribution in [0, 0.1) is 11.3 Å². The van der Waals surface area contributed by atoms with Gasteiger partial charge in [0.2, 0.25) is 5.91 Å². The summed E-state index contributed by atoms with van der Waals surface area (Å²) < 4.78 is 0. The summed E-state index contributed by atoms with van der Waals surface area (Å²) in [6, 6.07) is 10.4. The summed E-state index contributed by atoms with van der Waals surface area (Å²) in [5.41, 5.74) is 1.23. The van der Waals surface area contributed by atoms with Crippen LogP contribution in [0.2, 0.25) is 0 Å². The number of amides is 1. The van der Waals surface area contributed by atoms with Crippen molar-refractivity contribution in [2.45, 2.75) is 24.2 Å². The van der Waals surface area contributed by atoms with Crippen molar-refractivity contribution in [2.24, 2.45) is 0 Å². The molecule has 0 heterocycles. The zero-order valence-electron chi connectivity index (χ0n) is 10.8. The van der Waals surface area contributed by atoms with Crippen molar-refractivity contribution in [2.75, 3.05) is 19.8 Å². The van der Waals surface area contributed by atoms with Crippen molar-refractivity contribution in [3.63, 3.8) is 0 Å². The third-order valence-electron chi connectivity index (χ3n) is 2.77. The number of nitrogens with zero attached hydrogens (tertiary/aromatic N) is 2. The van der Waals surface area contributed by atoms with E-state index in [2.05, 4.69) is 30.5 Å². The molecule has 0 saturated carbocycles. The van der Waals surface area contributed by atoms with Crippen LogP contribution in [0.25, 0.3) is 0 Å². The first-order valence-corrected chi connectivity index (χ1v) is 7.13. The lowest BCUT2D eigenvalue weighted by atomic mass is 10.1. The van der Waals surface area contributed by atoms with Crippen LogP contribution in [-0.2, 0) is 11.2 Å². The highest BCUT2D eigenvalue weighted by Gasteiger charge is 2.07. The molecule has 0 saturated heterocycles. The largest absolute Gasteiger partial charge is 0.345 e. The number of thioether (sulfide) groups is 1. The minimum Gasteiger partial charge on any atom is -0.345 e. The SMILES string of the molecule is CSc1ccc(CCN(C)C(=O)CCC#N)cc1. The van der Waals surface area contributed by atoms with Gasteiger partial charge in [-0.1, -0.05) is 12.1 Å². The molecule has 1 amide bonds. The Morgan fingerprint density at radius 2 is 2.06 bits per heavy atom. The second-order valence-corrected chi connectivity index (χ2v) is 4.95. The lowest BCUT2D eigenvalue weighted by Gasteiger charge is -2.16. The van der Waals surface area contributed by atoms with E-state index in [9.17, 15) is 4.79 Å². The molecule has 18 heavy (non-hydrogen) atoms. The van der Waals surface area contributed by atoms with Crippen molar-refractivity contribution in [3.05, 3.63) is 29.8 Å². The molecule has 0 fully saturated rings. The molecule has 3 nitrogen and oxygen atoms in total. The second-order valence-electron chi connectivity index (χ2n) is 4.07. The third-order valence-corrected chi connectivity index (χ3v) is 3.51. The first-order chi connectivity index (χ1) is 8.67. The number of hydrogen-bond donors (Lipinski definition) is 0. The predicted octanol–water partition coefficient (Wildman–Crippen LogP) is 2.71. The van der Waals surface area contributed by atoms with Gasteiger partial charge in [-0.2, -0.15) is 5.26 Å². The first-order valence-electron chi connectivity index (χ1n) is 5.91.